The molecule has 0 radical (unpaired) electrons. The van der Waals surface area contributed by atoms with Crippen LogP contribution in [0.4, 0.5) is 0 Å². The summed E-state index contributed by atoms with van der Waals surface area (Å²) in [7, 11) is 0. The Morgan fingerprint density at radius 1 is 1.08 bits per heavy atom. The number of rotatable bonds is 4. The molecule has 1 aliphatic rings. The molecule has 0 aliphatic heterocycles. The monoisotopic (exact) mass is 166 g/mol. The Kier molecular flexibility index (Phi) is 2.92. The Hall–Kier alpha value is -1.24. The Bertz CT molecular complexity index is 224. The minimum Gasteiger partial charge on any atom is -0.211 e. The molecule has 0 unspecified atom stereocenters. The van der Waals surface area contributed by atoms with Crippen LogP contribution >= 0.6 is 0 Å². The zero-order valence-corrected chi connectivity index (χ0v) is 6.75. The number of hydrogen-bond acceptors (Lipinski definition) is 4. The first-order valence-corrected chi connectivity index (χ1v) is 3.90. The molecule has 0 atom stereocenters. The van der Waals surface area contributed by atoms with E-state index in [-0.39, 0.29) is 5.41 Å². The molecule has 0 aromatic rings. The normalized spacial score (nSPS) is 18.3. The van der Waals surface area contributed by atoms with Gasteiger partial charge < -0.3 is 0 Å². The fourth-order valence-corrected chi connectivity index (χ4v) is 1.44. The van der Waals surface area contributed by atoms with E-state index in [4.69, 9.17) is 0 Å². The first-order chi connectivity index (χ1) is 5.83. The summed E-state index contributed by atoms with van der Waals surface area (Å²) < 4.78 is 0. The van der Waals surface area contributed by atoms with E-state index in [1.165, 1.54) is 12.2 Å². The van der Waals surface area contributed by atoms with Crippen LogP contribution < -0.4 is 0 Å². The lowest BCUT2D eigenvalue weighted by atomic mass is 9.69. The first kappa shape index (κ1) is 8.85. The lowest BCUT2D eigenvalue weighted by Crippen LogP contribution is -2.35. The summed E-state index contributed by atoms with van der Waals surface area (Å²) in [4.78, 5) is 26.8. The minimum atomic E-state index is -0.0329. The maximum absolute atomic E-state index is 9.87. The summed E-state index contributed by atoms with van der Waals surface area (Å²) in [5.74, 6) is 0. The lowest BCUT2D eigenvalue weighted by molar-refractivity contribution is 0.158. The van der Waals surface area contributed by atoms with Crippen LogP contribution in [-0.2, 0) is 9.59 Å². The standard InChI is InChI=1S/C8H10N2O2/c11-6-9-4-8(2-1-3-8)5-10-7-12/h1-5H2. The van der Waals surface area contributed by atoms with E-state index in [2.05, 4.69) is 9.98 Å². The maximum atomic E-state index is 9.87. The SMILES string of the molecule is O=C=NCC1(CN=C=O)CCC1. The molecular formula is C8H10N2O2. The third kappa shape index (κ3) is 1.88. The molecule has 1 saturated carbocycles. The average molecular weight is 166 g/mol. The van der Waals surface area contributed by atoms with Crippen LogP contribution in [0.25, 0.3) is 0 Å². The minimum absolute atomic E-state index is 0.0329. The van der Waals surface area contributed by atoms with E-state index in [0.29, 0.717) is 13.1 Å². The van der Waals surface area contributed by atoms with Gasteiger partial charge in [-0.2, -0.15) is 0 Å². The second kappa shape index (κ2) is 3.96. The Morgan fingerprint density at radius 2 is 1.58 bits per heavy atom. The van der Waals surface area contributed by atoms with Crippen molar-refractivity contribution in [2.45, 2.75) is 19.3 Å². The molecule has 0 heterocycles. The van der Waals surface area contributed by atoms with Gasteiger partial charge in [0.2, 0.25) is 12.2 Å². The number of aliphatic imine (C=N–C) groups is 2. The fourth-order valence-electron chi connectivity index (χ4n) is 1.44. The van der Waals surface area contributed by atoms with Crippen molar-refractivity contribution in [1.82, 2.24) is 0 Å². The van der Waals surface area contributed by atoms with Gasteiger partial charge >= 0.3 is 0 Å². The highest BCUT2D eigenvalue weighted by atomic mass is 16.1. The zero-order chi connectivity index (χ0) is 8.86. The third-order valence-electron chi connectivity index (χ3n) is 2.37. The van der Waals surface area contributed by atoms with E-state index in [1.54, 1.807) is 0 Å². The summed E-state index contributed by atoms with van der Waals surface area (Å²) >= 11 is 0. The topological polar surface area (TPSA) is 58.9 Å². The zero-order valence-electron chi connectivity index (χ0n) is 6.75. The van der Waals surface area contributed by atoms with Gasteiger partial charge in [-0.15, -0.1) is 0 Å². The van der Waals surface area contributed by atoms with Crippen LogP contribution in [0.2, 0.25) is 0 Å². The molecule has 0 bridgehead atoms. The number of carbonyl (C=O) groups excluding carboxylic acids is 2. The van der Waals surface area contributed by atoms with Gasteiger partial charge in [0.1, 0.15) is 0 Å². The molecule has 1 rings (SSSR count). The highest BCUT2D eigenvalue weighted by Gasteiger charge is 2.36. The van der Waals surface area contributed by atoms with E-state index in [9.17, 15) is 9.59 Å². The van der Waals surface area contributed by atoms with Crippen molar-refractivity contribution in [3.63, 3.8) is 0 Å². The first-order valence-electron chi connectivity index (χ1n) is 3.90. The Labute approximate surface area is 70.4 Å². The fraction of sp³-hybridized carbons (Fsp3) is 0.750. The predicted octanol–water partition coefficient (Wildman–Crippen LogP) is 0.828. The molecule has 12 heavy (non-hydrogen) atoms. The van der Waals surface area contributed by atoms with Crippen LogP contribution in [0.5, 0.6) is 0 Å². The molecular weight excluding hydrogens is 156 g/mol. The smallest absolute Gasteiger partial charge is 0.211 e. The number of nitrogens with zero attached hydrogens (tertiary/aromatic N) is 2. The Morgan fingerprint density at radius 3 is 1.83 bits per heavy atom. The second-order valence-electron chi connectivity index (χ2n) is 3.17. The third-order valence-corrected chi connectivity index (χ3v) is 2.37. The van der Waals surface area contributed by atoms with Crippen molar-refractivity contribution in [2.75, 3.05) is 13.1 Å². The second-order valence-corrected chi connectivity index (χ2v) is 3.17. The van der Waals surface area contributed by atoms with Crippen molar-refractivity contribution in [3.05, 3.63) is 0 Å². The molecule has 0 amide bonds. The highest BCUT2D eigenvalue weighted by molar-refractivity contribution is 5.34. The van der Waals surface area contributed by atoms with Gasteiger partial charge in [0.05, 0.1) is 13.1 Å². The van der Waals surface area contributed by atoms with Gasteiger partial charge in [0, 0.05) is 5.41 Å². The molecule has 0 saturated heterocycles. The van der Waals surface area contributed by atoms with Crippen molar-refractivity contribution in [2.24, 2.45) is 15.4 Å². The predicted molar refractivity (Wildman–Crippen MR) is 42.3 cm³/mol. The molecule has 64 valence electrons. The summed E-state index contributed by atoms with van der Waals surface area (Å²) in [6.07, 6.45) is 6.11. The molecule has 1 aliphatic carbocycles. The van der Waals surface area contributed by atoms with Gasteiger partial charge in [0.25, 0.3) is 0 Å². The molecule has 4 heteroatoms. The van der Waals surface area contributed by atoms with E-state index >= 15 is 0 Å². The van der Waals surface area contributed by atoms with Crippen LogP contribution in [-0.4, -0.2) is 25.2 Å². The summed E-state index contributed by atoms with van der Waals surface area (Å²) in [6.45, 7) is 0.892. The summed E-state index contributed by atoms with van der Waals surface area (Å²) in [5.41, 5.74) is -0.0329. The molecule has 0 aromatic heterocycles. The maximum Gasteiger partial charge on any atom is 0.234 e. The van der Waals surface area contributed by atoms with Crippen molar-refractivity contribution >= 4 is 12.2 Å². The van der Waals surface area contributed by atoms with E-state index in [0.717, 1.165) is 19.3 Å². The van der Waals surface area contributed by atoms with E-state index in [1.807, 2.05) is 0 Å². The number of isocyanates is 2. The molecule has 1 fully saturated rings. The van der Waals surface area contributed by atoms with Gasteiger partial charge in [-0.25, -0.2) is 19.6 Å². The van der Waals surface area contributed by atoms with Gasteiger partial charge in [-0.1, -0.05) is 6.42 Å². The number of hydrogen-bond donors (Lipinski definition) is 0. The van der Waals surface area contributed by atoms with Crippen LogP contribution in [0, 0.1) is 5.41 Å². The van der Waals surface area contributed by atoms with Crippen LogP contribution in [0.3, 0.4) is 0 Å². The van der Waals surface area contributed by atoms with Crippen molar-refractivity contribution < 1.29 is 9.59 Å². The van der Waals surface area contributed by atoms with Gasteiger partial charge in [0.15, 0.2) is 0 Å². The van der Waals surface area contributed by atoms with Crippen LogP contribution in [0.15, 0.2) is 9.98 Å². The lowest BCUT2D eigenvalue weighted by Gasteiger charge is -2.38. The quantitative estimate of drug-likeness (QED) is 0.458. The largest absolute Gasteiger partial charge is 0.234 e. The molecule has 4 nitrogen and oxygen atoms in total. The molecule has 0 spiro atoms. The van der Waals surface area contributed by atoms with Crippen molar-refractivity contribution in [1.29, 1.82) is 0 Å². The molecule has 0 N–H and O–H groups in total. The molecule has 0 aromatic carbocycles. The summed E-state index contributed by atoms with van der Waals surface area (Å²) in [5, 5.41) is 0. The van der Waals surface area contributed by atoms with Gasteiger partial charge in [-0.3, -0.25) is 0 Å². The average Bonchev–Trinajstić information content (AvgIpc) is 2.02. The van der Waals surface area contributed by atoms with Crippen LogP contribution in [0.1, 0.15) is 19.3 Å². The van der Waals surface area contributed by atoms with E-state index < -0.39 is 0 Å². The van der Waals surface area contributed by atoms with Crippen molar-refractivity contribution in [3.8, 4) is 0 Å². The summed E-state index contributed by atoms with van der Waals surface area (Å²) in [6, 6.07) is 0. The van der Waals surface area contributed by atoms with Gasteiger partial charge in [-0.05, 0) is 12.8 Å². The Balaban J connectivity index is 2.49. The highest BCUT2D eigenvalue weighted by Crippen LogP contribution is 2.41.